The van der Waals surface area contributed by atoms with Crippen LogP contribution >= 0.6 is 11.6 Å². The van der Waals surface area contributed by atoms with Gasteiger partial charge in [-0.15, -0.1) is 0 Å². The Morgan fingerprint density at radius 2 is 1.87 bits per heavy atom. The molecule has 15 heavy (non-hydrogen) atoms. The molecule has 0 fully saturated rings. The van der Waals surface area contributed by atoms with Crippen molar-refractivity contribution in [3.05, 3.63) is 53.3 Å². The van der Waals surface area contributed by atoms with E-state index in [1.54, 1.807) is 6.07 Å². The zero-order valence-electron chi connectivity index (χ0n) is 7.55. The standard InChI is InChI=1S/C11H6ClF2N/c12-8-3-7(5-15-6-8)10-2-1-9(13)4-11(10)14/h1-6H. The minimum atomic E-state index is -0.626. The van der Waals surface area contributed by atoms with Gasteiger partial charge in [0.25, 0.3) is 0 Å². The molecule has 76 valence electrons. The average molecular weight is 226 g/mol. The lowest BCUT2D eigenvalue weighted by molar-refractivity contribution is 0.585. The number of aromatic nitrogens is 1. The lowest BCUT2D eigenvalue weighted by atomic mass is 10.1. The van der Waals surface area contributed by atoms with Gasteiger partial charge in [-0.25, -0.2) is 8.78 Å². The first-order chi connectivity index (χ1) is 7.16. The quantitative estimate of drug-likeness (QED) is 0.722. The Morgan fingerprint density at radius 1 is 1.07 bits per heavy atom. The molecule has 0 amide bonds. The maximum atomic E-state index is 13.4. The van der Waals surface area contributed by atoms with E-state index in [1.807, 2.05) is 0 Å². The van der Waals surface area contributed by atoms with Gasteiger partial charge in [0.15, 0.2) is 0 Å². The zero-order chi connectivity index (χ0) is 10.8. The molecule has 0 radical (unpaired) electrons. The Balaban J connectivity index is 2.54. The molecular weight excluding hydrogens is 220 g/mol. The summed E-state index contributed by atoms with van der Waals surface area (Å²) in [4.78, 5) is 3.83. The van der Waals surface area contributed by atoms with Crippen molar-refractivity contribution >= 4 is 11.6 Å². The van der Waals surface area contributed by atoms with E-state index in [0.29, 0.717) is 10.6 Å². The van der Waals surface area contributed by atoms with Crippen LogP contribution in [0.25, 0.3) is 11.1 Å². The summed E-state index contributed by atoms with van der Waals surface area (Å²) in [5.74, 6) is -1.23. The van der Waals surface area contributed by atoms with E-state index in [1.165, 1.54) is 24.5 Å². The normalized spacial score (nSPS) is 10.3. The van der Waals surface area contributed by atoms with Gasteiger partial charge in [0.05, 0.1) is 5.02 Å². The van der Waals surface area contributed by atoms with Crippen LogP contribution in [0.4, 0.5) is 8.78 Å². The second-order valence-electron chi connectivity index (χ2n) is 3.02. The van der Waals surface area contributed by atoms with Crippen LogP contribution in [0.5, 0.6) is 0 Å². The van der Waals surface area contributed by atoms with E-state index in [-0.39, 0.29) is 5.56 Å². The number of rotatable bonds is 1. The third kappa shape index (κ3) is 2.13. The highest BCUT2D eigenvalue weighted by atomic mass is 35.5. The molecule has 0 aliphatic carbocycles. The summed E-state index contributed by atoms with van der Waals surface area (Å²) in [6.07, 6.45) is 2.93. The molecule has 0 bridgehead atoms. The van der Waals surface area contributed by atoms with Crippen molar-refractivity contribution in [2.75, 3.05) is 0 Å². The Kier molecular flexibility index (Phi) is 2.64. The number of nitrogens with zero attached hydrogens (tertiary/aromatic N) is 1. The number of hydrogen-bond acceptors (Lipinski definition) is 1. The Labute approximate surface area is 90.3 Å². The molecule has 1 nitrogen and oxygen atoms in total. The van der Waals surface area contributed by atoms with Gasteiger partial charge >= 0.3 is 0 Å². The first-order valence-corrected chi connectivity index (χ1v) is 4.60. The predicted octanol–water partition coefficient (Wildman–Crippen LogP) is 3.68. The van der Waals surface area contributed by atoms with E-state index < -0.39 is 11.6 Å². The summed E-state index contributed by atoms with van der Waals surface area (Å²) in [6, 6.07) is 4.96. The van der Waals surface area contributed by atoms with Gasteiger partial charge in [0.2, 0.25) is 0 Å². The van der Waals surface area contributed by atoms with E-state index >= 15 is 0 Å². The molecule has 2 aromatic rings. The first-order valence-electron chi connectivity index (χ1n) is 4.23. The van der Waals surface area contributed by atoms with E-state index in [0.717, 1.165) is 6.07 Å². The first kappa shape index (κ1) is 10.1. The van der Waals surface area contributed by atoms with Gasteiger partial charge in [-0.1, -0.05) is 11.6 Å². The third-order valence-corrected chi connectivity index (χ3v) is 2.15. The molecule has 2 rings (SSSR count). The molecule has 0 atom stereocenters. The second kappa shape index (κ2) is 3.95. The van der Waals surface area contributed by atoms with Crippen molar-refractivity contribution in [2.45, 2.75) is 0 Å². The molecular formula is C11H6ClF2N. The predicted molar refractivity (Wildman–Crippen MR) is 54.6 cm³/mol. The molecule has 1 aromatic carbocycles. The summed E-state index contributed by atoms with van der Waals surface area (Å²) in [6.45, 7) is 0. The molecule has 0 unspecified atom stereocenters. The monoisotopic (exact) mass is 225 g/mol. The Morgan fingerprint density at radius 3 is 2.53 bits per heavy atom. The van der Waals surface area contributed by atoms with Crippen molar-refractivity contribution in [3.63, 3.8) is 0 Å². The van der Waals surface area contributed by atoms with Gasteiger partial charge in [0.1, 0.15) is 11.6 Å². The van der Waals surface area contributed by atoms with Gasteiger partial charge in [-0.2, -0.15) is 0 Å². The fourth-order valence-corrected chi connectivity index (χ4v) is 1.46. The van der Waals surface area contributed by atoms with Crippen LogP contribution < -0.4 is 0 Å². The van der Waals surface area contributed by atoms with Gasteiger partial charge < -0.3 is 0 Å². The minimum Gasteiger partial charge on any atom is -0.263 e. The molecule has 0 aliphatic rings. The van der Waals surface area contributed by atoms with Gasteiger partial charge in [0, 0.05) is 29.6 Å². The lowest BCUT2D eigenvalue weighted by Crippen LogP contribution is -1.87. The van der Waals surface area contributed by atoms with Crippen LogP contribution in [-0.4, -0.2) is 4.98 Å². The maximum absolute atomic E-state index is 13.4. The molecule has 1 heterocycles. The largest absolute Gasteiger partial charge is 0.263 e. The maximum Gasteiger partial charge on any atom is 0.133 e. The van der Waals surface area contributed by atoms with Crippen molar-refractivity contribution in [2.24, 2.45) is 0 Å². The van der Waals surface area contributed by atoms with Crippen LogP contribution in [0, 0.1) is 11.6 Å². The van der Waals surface area contributed by atoms with Crippen molar-refractivity contribution in [1.82, 2.24) is 4.98 Å². The summed E-state index contributed by atoms with van der Waals surface area (Å²) in [7, 11) is 0. The van der Waals surface area contributed by atoms with E-state index in [4.69, 9.17) is 11.6 Å². The van der Waals surface area contributed by atoms with Crippen molar-refractivity contribution in [1.29, 1.82) is 0 Å². The van der Waals surface area contributed by atoms with Gasteiger partial charge in [-0.3, -0.25) is 4.98 Å². The average Bonchev–Trinajstić information content (AvgIpc) is 2.17. The van der Waals surface area contributed by atoms with Crippen molar-refractivity contribution in [3.8, 4) is 11.1 Å². The fraction of sp³-hybridized carbons (Fsp3) is 0. The molecule has 0 spiro atoms. The Bertz CT molecular complexity index is 500. The van der Waals surface area contributed by atoms with Crippen molar-refractivity contribution < 1.29 is 8.78 Å². The SMILES string of the molecule is Fc1ccc(-c2cncc(Cl)c2)c(F)c1. The molecule has 0 N–H and O–H groups in total. The van der Waals surface area contributed by atoms with Crippen LogP contribution in [0.3, 0.4) is 0 Å². The lowest BCUT2D eigenvalue weighted by Gasteiger charge is -2.03. The fourth-order valence-electron chi connectivity index (χ4n) is 1.28. The minimum absolute atomic E-state index is 0.284. The molecule has 0 saturated carbocycles. The molecule has 0 saturated heterocycles. The zero-order valence-corrected chi connectivity index (χ0v) is 8.30. The number of hydrogen-bond donors (Lipinski definition) is 0. The van der Waals surface area contributed by atoms with Gasteiger partial charge in [-0.05, 0) is 18.2 Å². The third-order valence-electron chi connectivity index (χ3n) is 1.95. The Hall–Kier alpha value is -1.48. The van der Waals surface area contributed by atoms with Crippen LogP contribution in [0.2, 0.25) is 5.02 Å². The summed E-state index contributed by atoms with van der Waals surface area (Å²) in [5, 5.41) is 0.413. The number of halogens is 3. The summed E-state index contributed by atoms with van der Waals surface area (Å²) < 4.78 is 26.0. The molecule has 0 aliphatic heterocycles. The smallest absolute Gasteiger partial charge is 0.133 e. The highest BCUT2D eigenvalue weighted by Gasteiger charge is 2.06. The second-order valence-corrected chi connectivity index (χ2v) is 3.45. The molecule has 1 aromatic heterocycles. The van der Waals surface area contributed by atoms with E-state index in [9.17, 15) is 8.78 Å². The van der Waals surface area contributed by atoms with E-state index in [2.05, 4.69) is 4.98 Å². The van der Waals surface area contributed by atoms with Crippen LogP contribution in [0.1, 0.15) is 0 Å². The number of pyridine rings is 1. The molecule has 4 heteroatoms. The van der Waals surface area contributed by atoms with Crippen LogP contribution in [0.15, 0.2) is 36.7 Å². The topological polar surface area (TPSA) is 12.9 Å². The summed E-state index contributed by atoms with van der Waals surface area (Å²) in [5.41, 5.74) is 0.811. The number of benzene rings is 1. The summed E-state index contributed by atoms with van der Waals surface area (Å²) >= 11 is 5.72. The highest BCUT2D eigenvalue weighted by Crippen LogP contribution is 2.24. The highest BCUT2D eigenvalue weighted by molar-refractivity contribution is 6.30. The van der Waals surface area contributed by atoms with Crippen LogP contribution in [-0.2, 0) is 0 Å².